The Hall–Kier alpha value is -1.00. The molecule has 0 aliphatic rings. The number of nitrogens with zero attached hydrogens (tertiary/aromatic N) is 1. The molecule has 1 aromatic heterocycles. The third-order valence-electron chi connectivity index (χ3n) is 1.07. The molecule has 0 radical (unpaired) electrons. The smallest absolute Gasteiger partial charge is 0.316 e. The second kappa shape index (κ2) is 3.60. The molecule has 4 nitrogen and oxygen atoms in total. The van der Waals surface area contributed by atoms with Gasteiger partial charge in [0, 0.05) is 0 Å². The predicted molar refractivity (Wildman–Crippen MR) is 47.5 cm³/mol. The van der Waals surface area contributed by atoms with E-state index < -0.39 is 6.03 Å². The minimum absolute atomic E-state index is 0.112. The summed E-state index contributed by atoms with van der Waals surface area (Å²) in [5, 5.41) is 2.66. The number of aromatic nitrogens is 1. The number of rotatable bonds is 1. The second-order valence-corrected chi connectivity index (χ2v) is 2.71. The van der Waals surface area contributed by atoms with Crippen molar-refractivity contribution in [2.24, 2.45) is 5.73 Å². The summed E-state index contributed by atoms with van der Waals surface area (Å²) in [5.41, 5.74) is 5.20. The summed E-state index contributed by atoms with van der Waals surface area (Å²) in [4.78, 5) is 14.1. The fourth-order valence-electron chi connectivity index (χ4n) is 0.638. The van der Waals surface area contributed by atoms with Gasteiger partial charge in [0.25, 0.3) is 0 Å². The fourth-order valence-corrected chi connectivity index (χ4v) is 1.03. The van der Waals surface area contributed by atoms with Crippen LogP contribution >= 0.6 is 23.2 Å². The van der Waals surface area contributed by atoms with E-state index >= 15 is 0 Å². The summed E-state index contributed by atoms with van der Waals surface area (Å²) < 4.78 is 0. The van der Waals surface area contributed by atoms with Gasteiger partial charge in [-0.3, -0.25) is 0 Å². The summed E-state index contributed by atoms with van der Waals surface area (Å²) >= 11 is 11.1. The Labute approximate surface area is 78.7 Å². The number of halogens is 2. The molecule has 0 saturated heterocycles. The molecular weight excluding hydrogens is 201 g/mol. The van der Waals surface area contributed by atoms with E-state index in [0.29, 0.717) is 5.69 Å². The van der Waals surface area contributed by atoms with Crippen LogP contribution in [0.25, 0.3) is 0 Å². The largest absolute Gasteiger partial charge is 0.351 e. The first kappa shape index (κ1) is 9.09. The number of urea groups is 1. The quantitative estimate of drug-likeness (QED) is 0.688. The lowest BCUT2D eigenvalue weighted by molar-refractivity contribution is 0.259. The number of primary amides is 1. The molecule has 0 saturated carbocycles. The molecule has 0 aliphatic carbocycles. The van der Waals surface area contributed by atoms with Crippen molar-refractivity contribution in [3.63, 3.8) is 0 Å². The highest BCUT2D eigenvalue weighted by Gasteiger charge is 2.03. The number of pyridine rings is 1. The van der Waals surface area contributed by atoms with Crippen molar-refractivity contribution in [3.05, 3.63) is 22.4 Å². The molecule has 0 aliphatic heterocycles. The molecule has 0 atom stereocenters. The maximum absolute atomic E-state index is 10.4. The zero-order valence-corrected chi connectivity index (χ0v) is 7.36. The van der Waals surface area contributed by atoms with Crippen LogP contribution in [-0.4, -0.2) is 11.0 Å². The molecule has 0 bridgehead atoms. The summed E-state index contributed by atoms with van der Waals surface area (Å²) in [6.07, 6.45) is 0. The number of anilines is 1. The Balaban J connectivity index is 2.93. The van der Waals surface area contributed by atoms with Crippen LogP contribution in [0, 0.1) is 0 Å². The molecule has 64 valence electrons. The van der Waals surface area contributed by atoms with Crippen molar-refractivity contribution >= 4 is 34.9 Å². The number of hydrogen-bond acceptors (Lipinski definition) is 2. The zero-order valence-electron chi connectivity index (χ0n) is 5.84. The van der Waals surface area contributed by atoms with E-state index in [2.05, 4.69) is 10.3 Å². The zero-order chi connectivity index (χ0) is 9.14. The number of amides is 2. The Kier molecular flexibility index (Phi) is 2.73. The lowest BCUT2D eigenvalue weighted by atomic mass is 10.4. The van der Waals surface area contributed by atoms with Crippen molar-refractivity contribution in [2.45, 2.75) is 0 Å². The maximum atomic E-state index is 10.4. The Bertz CT molecular complexity index is 316. The number of carbonyl (C=O) groups excluding carboxylic acids is 1. The molecule has 0 aromatic carbocycles. The van der Waals surface area contributed by atoms with Gasteiger partial charge in [-0.1, -0.05) is 23.2 Å². The van der Waals surface area contributed by atoms with E-state index in [4.69, 9.17) is 28.9 Å². The number of nitrogens with two attached hydrogens (primary N) is 1. The highest BCUT2D eigenvalue weighted by Crippen LogP contribution is 2.20. The number of hydrogen-bond donors (Lipinski definition) is 2. The lowest BCUT2D eigenvalue weighted by Gasteiger charge is -2.02. The molecule has 6 heteroatoms. The molecule has 0 fully saturated rings. The second-order valence-electron chi connectivity index (χ2n) is 1.96. The topological polar surface area (TPSA) is 68.0 Å². The van der Waals surface area contributed by atoms with Gasteiger partial charge in [0.15, 0.2) is 5.15 Å². The SMILES string of the molecule is NC(=O)Nc1ccc(Cl)nc1Cl. The van der Waals surface area contributed by atoms with Gasteiger partial charge in [-0.15, -0.1) is 0 Å². The number of nitrogens with one attached hydrogen (secondary N) is 1. The van der Waals surface area contributed by atoms with Crippen LogP contribution in [0.3, 0.4) is 0 Å². The normalized spacial score (nSPS) is 9.50. The van der Waals surface area contributed by atoms with E-state index in [1.807, 2.05) is 0 Å². The van der Waals surface area contributed by atoms with E-state index in [1.54, 1.807) is 0 Å². The first-order valence-electron chi connectivity index (χ1n) is 2.98. The first-order chi connectivity index (χ1) is 5.59. The van der Waals surface area contributed by atoms with E-state index in [-0.39, 0.29) is 10.3 Å². The number of carbonyl (C=O) groups is 1. The van der Waals surface area contributed by atoms with Crippen LogP contribution in [0.1, 0.15) is 0 Å². The van der Waals surface area contributed by atoms with Crippen molar-refractivity contribution in [2.75, 3.05) is 5.32 Å². The minimum Gasteiger partial charge on any atom is -0.351 e. The van der Waals surface area contributed by atoms with Gasteiger partial charge in [0.2, 0.25) is 0 Å². The fraction of sp³-hybridized carbons (Fsp3) is 0. The molecule has 0 spiro atoms. The van der Waals surface area contributed by atoms with Crippen LogP contribution in [0.5, 0.6) is 0 Å². The van der Waals surface area contributed by atoms with Crippen LogP contribution in [0.15, 0.2) is 12.1 Å². The van der Waals surface area contributed by atoms with Gasteiger partial charge in [-0.05, 0) is 12.1 Å². The van der Waals surface area contributed by atoms with Crippen LogP contribution in [-0.2, 0) is 0 Å². The molecule has 0 unspecified atom stereocenters. The first-order valence-corrected chi connectivity index (χ1v) is 3.73. The van der Waals surface area contributed by atoms with Gasteiger partial charge in [0.1, 0.15) is 5.15 Å². The Morgan fingerprint density at radius 1 is 1.50 bits per heavy atom. The molecule has 1 heterocycles. The summed E-state index contributed by atoms with van der Waals surface area (Å²) in [6.45, 7) is 0. The Morgan fingerprint density at radius 2 is 2.17 bits per heavy atom. The van der Waals surface area contributed by atoms with Gasteiger partial charge < -0.3 is 11.1 Å². The molecule has 1 aromatic rings. The summed E-state index contributed by atoms with van der Waals surface area (Å²) in [6, 6.07) is 2.32. The maximum Gasteiger partial charge on any atom is 0.316 e. The Morgan fingerprint density at radius 3 is 2.67 bits per heavy atom. The lowest BCUT2D eigenvalue weighted by Crippen LogP contribution is -2.19. The molecule has 1 rings (SSSR count). The molecule has 2 amide bonds. The third kappa shape index (κ3) is 2.25. The van der Waals surface area contributed by atoms with Crippen LogP contribution in [0.2, 0.25) is 10.3 Å². The summed E-state index contributed by atoms with van der Waals surface area (Å²) in [7, 11) is 0. The minimum atomic E-state index is -0.693. The van der Waals surface area contributed by atoms with Gasteiger partial charge in [-0.25, -0.2) is 9.78 Å². The highest BCUT2D eigenvalue weighted by atomic mass is 35.5. The van der Waals surface area contributed by atoms with Crippen molar-refractivity contribution in [3.8, 4) is 0 Å². The van der Waals surface area contributed by atoms with Crippen molar-refractivity contribution < 1.29 is 4.79 Å². The van der Waals surface area contributed by atoms with Gasteiger partial charge in [0.05, 0.1) is 5.69 Å². The van der Waals surface area contributed by atoms with Crippen LogP contribution in [0.4, 0.5) is 10.5 Å². The van der Waals surface area contributed by atoms with Crippen molar-refractivity contribution in [1.82, 2.24) is 4.98 Å². The predicted octanol–water partition coefficient (Wildman–Crippen LogP) is 1.88. The van der Waals surface area contributed by atoms with E-state index in [9.17, 15) is 4.79 Å². The third-order valence-corrected chi connectivity index (χ3v) is 1.57. The molecular formula is C6H5Cl2N3O. The highest BCUT2D eigenvalue weighted by molar-refractivity contribution is 6.34. The molecule has 12 heavy (non-hydrogen) atoms. The average molecular weight is 206 g/mol. The van der Waals surface area contributed by atoms with Crippen molar-refractivity contribution in [1.29, 1.82) is 0 Å². The van der Waals surface area contributed by atoms with E-state index in [0.717, 1.165) is 0 Å². The standard InChI is InChI=1S/C6H5Cl2N3O/c7-4-2-1-3(5(8)11-4)10-6(9)12/h1-2H,(H3,9,10,12). The van der Waals surface area contributed by atoms with Gasteiger partial charge in [-0.2, -0.15) is 0 Å². The van der Waals surface area contributed by atoms with Crippen LogP contribution < -0.4 is 11.1 Å². The van der Waals surface area contributed by atoms with Gasteiger partial charge >= 0.3 is 6.03 Å². The summed E-state index contributed by atoms with van der Waals surface area (Å²) in [5.74, 6) is 0. The average Bonchev–Trinajstić information content (AvgIpc) is 1.94. The monoisotopic (exact) mass is 205 g/mol. The van der Waals surface area contributed by atoms with E-state index in [1.165, 1.54) is 12.1 Å². The molecule has 3 N–H and O–H groups in total.